The highest BCUT2D eigenvalue weighted by Crippen LogP contribution is 2.31. The third kappa shape index (κ3) is 7.22. The van der Waals surface area contributed by atoms with Gasteiger partial charge in [0.1, 0.15) is 0 Å². The van der Waals surface area contributed by atoms with Crippen LogP contribution in [0.5, 0.6) is 0 Å². The van der Waals surface area contributed by atoms with Gasteiger partial charge < -0.3 is 19.6 Å². The summed E-state index contributed by atoms with van der Waals surface area (Å²) in [6, 6.07) is 25.0. The van der Waals surface area contributed by atoms with E-state index in [2.05, 4.69) is 6.92 Å². The molecule has 1 N–H and O–H groups in total. The van der Waals surface area contributed by atoms with Crippen molar-refractivity contribution in [1.29, 1.82) is 0 Å². The Hall–Kier alpha value is -3.52. The summed E-state index contributed by atoms with van der Waals surface area (Å²) < 4.78 is 6.60. The van der Waals surface area contributed by atoms with E-state index >= 15 is 0 Å². The number of amides is 2. The van der Waals surface area contributed by atoms with Crippen molar-refractivity contribution in [3.05, 3.63) is 95.6 Å². The van der Waals surface area contributed by atoms with Gasteiger partial charge in [-0.3, -0.25) is 14.5 Å². The number of rotatable bonds is 8. The van der Waals surface area contributed by atoms with Crippen molar-refractivity contribution in [1.82, 2.24) is 14.7 Å². The van der Waals surface area contributed by atoms with Crippen molar-refractivity contribution in [3.8, 4) is 11.1 Å². The molecule has 4 atom stereocenters. The molecule has 1 aliphatic rings. The molecule has 3 aromatic rings. The van der Waals surface area contributed by atoms with Gasteiger partial charge in [0.05, 0.1) is 31.4 Å². The highest BCUT2D eigenvalue weighted by molar-refractivity contribution is 6.01. The number of carbonyl (C=O) groups excluding carboxylic acids is 2. The van der Waals surface area contributed by atoms with Gasteiger partial charge in [-0.25, -0.2) is 0 Å². The third-order valence-corrected chi connectivity index (χ3v) is 8.10. The summed E-state index contributed by atoms with van der Waals surface area (Å²) in [7, 11) is 5.69. The molecule has 0 radical (unpaired) electrons. The van der Waals surface area contributed by atoms with Gasteiger partial charge in [-0.05, 0) is 55.8 Å². The molecular formula is C34H43N3O4. The average molecular weight is 558 g/mol. The number of aliphatic hydroxyl groups excluding tert-OH is 1. The van der Waals surface area contributed by atoms with E-state index in [0.717, 1.165) is 22.3 Å². The number of carbonyl (C=O) groups is 2. The molecule has 0 saturated heterocycles. The fraction of sp³-hybridized carbons (Fsp3) is 0.412. The first-order valence-corrected chi connectivity index (χ1v) is 14.4. The van der Waals surface area contributed by atoms with Crippen LogP contribution in [-0.2, 0) is 22.6 Å². The van der Waals surface area contributed by atoms with Crippen LogP contribution >= 0.6 is 0 Å². The molecule has 0 spiro atoms. The molecule has 2 amide bonds. The van der Waals surface area contributed by atoms with Crippen LogP contribution in [0, 0.1) is 5.92 Å². The van der Waals surface area contributed by atoms with Gasteiger partial charge in [-0.15, -0.1) is 0 Å². The van der Waals surface area contributed by atoms with E-state index in [9.17, 15) is 14.7 Å². The maximum atomic E-state index is 14.0. The Morgan fingerprint density at radius 1 is 0.951 bits per heavy atom. The SMILES string of the molecule is C[C@H]1CN([C@@H](C)CO)C(=O)c2ccccc2-c2ccccc2CO[C@H]1CN(C)C(=O)[C@@H](Cc1ccccc1)N(C)C. The Morgan fingerprint density at radius 3 is 2.22 bits per heavy atom. The predicted molar refractivity (Wildman–Crippen MR) is 162 cm³/mol. The Balaban J connectivity index is 1.65. The van der Waals surface area contributed by atoms with Crippen molar-refractivity contribution < 1.29 is 19.4 Å². The maximum absolute atomic E-state index is 14.0. The zero-order valence-corrected chi connectivity index (χ0v) is 24.9. The lowest BCUT2D eigenvalue weighted by atomic mass is 9.94. The van der Waals surface area contributed by atoms with Crippen molar-refractivity contribution in [2.75, 3.05) is 40.8 Å². The number of hydrogen-bond acceptors (Lipinski definition) is 5. The number of benzene rings is 3. The number of fused-ring (bicyclic) bond motifs is 3. The number of hydrogen-bond donors (Lipinski definition) is 1. The number of ether oxygens (including phenoxy) is 1. The van der Waals surface area contributed by atoms with Gasteiger partial charge in [0.15, 0.2) is 0 Å². The summed E-state index contributed by atoms with van der Waals surface area (Å²) in [6.45, 7) is 4.88. The maximum Gasteiger partial charge on any atom is 0.254 e. The first-order valence-electron chi connectivity index (χ1n) is 14.4. The van der Waals surface area contributed by atoms with Crippen LogP contribution in [0.2, 0.25) is 0 Å². The molecule has 1 heterocycles. The van der Waals surface area contributed by atoms with Gasteiger partial charge in [0.25, 0.3) is 5.91 Å². The topological polar surface area (TPSA) is 73.3 Å². The molecular weight excluding hydrogens is 514 g/mol. The molecule has 7 heteroatoms. The Kier molecular flexibility index (Phi) is 10.3. The molecule has 41 heavy (non-hydrogen) atoms. The second-order valence-corrected chi connectivity index (χ2v) is 11.4. The van der Waals surface area contributed by atoms with Crippen molar-refractivity contribution >= 4 is 11.8 Å². The zero-order chi connectivity index (χ0) is 29.5. The molecule has 4 rings (SSSR count). The number of aliphatic hydroxyl groups is 1. The molecule has 0 bridgehead atoms. The standard InChI is InChI=1S/C34H43N3O4/c1-24-20-37(25(2)22-38)33(39)30-18-12-11-17-29(30)28-16-10-9-15-27(28)23-41-32(24)21-36(5)34(40)31(35(3)4)19-26-13-7-6-8-14-26/h6-18,24-25,31-32,38H,19-23H2,1-5H3/t24-,25-,31+,32-/m0/s1. The van der Waals surface area contributed by atoms with E-state index < -0.39 is 0 Å². The molecule has 1 aliphatic heterocycles. The fourth-order valence-corrected chi connectivity index (χ4v) is 5.49. The lowest BCUT2D eigenvalue weighted by molar-refractivity contribution is -0.137. The third-order valence-electron chi connectivity index (χ3n) is 8.10. The Labute approximate surface area is 244 Å². The van der Waals surface area contributed by atoms with E-state index in [-0.39, 0.29) is 42.5 Å². The summed E-state index contributed by atoms with van der Waals surface area (Å²) in [6.07, 6.45) is 0.277. The Bertz CT molecular complexity index is 1310. The van der Waals surface area contributed by atoms with Gasteiger partial charge in [0, 0.05) is 31.6 Å². The quantitative estimate of drug-likeness (QED) is 0.446. The molecule has 7 nitrogen and oxygen atoms in total. The first kappa shape index (κ1) is 30.4. The molecule has 0 aromatic heterocycles. The summed E-state index contributed by atoms with van der Waals surface area (Å²) in [4.78, 5) is 33.2. The minimum atomic E-state index is -0.377. The first-order chi connectivity index (χ1) is 19.7. The summed E-state index contributed by atoms with van der Waals surface area (Å²) in [5.41, 5.74) is 4.49. The van der Waals surface area contributed by atoms with Crippen LogP contribution < -0.4 is 0 Å². The smallest absolute Gasteiger partial charge is 0.254 e. The van der Waals surface area contributed by atoms with E-state index in [1.165, 1.54) is 0 Å². The van der Waals surface area contributed by atoms with Gasteiger partial charge in [0.2, 0.25) is 5.91 Å². The highest BCUT2D eigenvalue weighted by Gasteiger charge is 2.32. The van der Waals surface area contributed by atoms with E-state index in [1.807, 2.05) is 112 Å². The van der Waals surface area contributed by atoms with Crippen LogP contribution in [0.1, 0.15) is 35.3 Å². The molecule has 0 unspecified atom stereocenters. The lowest BCUT2D eigenvalue weighted by Gasteiger charge is -2.36. The number of nitrogens with zero attached hydrogens (tertiary/aromatic N) is 3. The van der Waals surface area contributed by atoms with Crippen molar-refractivity contribution in [3.63, 3.8) is 0 Å². The molecule has 0 saturated carbocycles. The van der Waals surface area contributed by atoms with E-state index in [0.29, 0.717) is 31.7 Å². The van der Waals surface area contributed by atoms with Crippen molar-refractivity contribution in [2.45, 2.75) is 45.1 Å². The number of likely N-dealkylation sites (N-methyl/N-ethyl adjacent to an activating group) is 2. The second-order valence-electron chi connectivity index (χ2n) is 11.4. The normalized spacial score (nSPS) is 19.1. The molecule has 218 valence electrons. The molecule has 0 fully saturated rings. The second kappa shape index (κ2) is 13.9. The van der Waals surface area contributed by atoms with E-state index in [4.69, 9.17) is 4.74 Å². The monoisotopic (exact) mass is 557 g/mol. The van der Waals surface area contributed by atoms with Crippen LogP contribution in [-0.4, -0.2) is 90.6 Å². The summed E-state index contributed by atoms with van der Waals surface area (Å²) >= 11 is 0. The van der Waals surface area contributed by atoms with E-state index in [1.54, 1.807) is 9.80 Å². The largest absolute Gasteiger partial charge is 0.394 e. The van der Waals surface area contributed by atoms with Crippen molar-refractivity contribution in [2.24, 2.45) is 5.92 Å². The molecule has 3 aromatic carbocycles. The van der Waals surface area contributed by atoms with Crippen LogP contribution in [0.25, 0.3) is 11.1 Å². The van der Waals surface area contributed by atoms with Crippen LogP contribution in [0.4, 0.5) is 0 Å². The predicted octanol–water partition coefficient (Wildman–Crippen LogP) is 4.34. The minimum absolute atomic E-state index is 0.0217. The average Bonchev–Trinajstić information content (AvgIpc) is 3.01. The molecule has 0 aliphatic carbocycles. The zero-order valence-electron chi connectivity index (χ0n) is 24.9. The van der Waals surface area contributed by atoms with Gasteiger partial charge >= 0.3 is 0 Å². The fourth-order valence-electron chi connectivity index (χ4n) is 5.49. The van der Waals surface area contributed by atoms with Gasteiger partial charge in [-0.1, -0.05) is 79.7 Å². The lowest BCUT2D eigenvalue weighted by Crippen LogP contribution is -2.50. The van der Waals surface area contributed by atoms with Crippen LogP contribution in [0.15, 0.2) is 78.9 Å². The Morgan fingerprint density at radius 2 is 1.56 bits per heavy atom. The summed E-state index contributed by atoms with van der Waals surface area (Å²) in [5.74, 6) is -0.203. The highest BCUT2D eigenvalue weighted by atomic mass is 16.5. The minimum Gasteiger partial charge on any atom is -0.394 e. The summed E-state index contributed by atoms with van der Waals surface area (Å²) in [5, 5.41) is 10.1. The van der Waals surface area contributed by atoms with Gasteiger partial charge in [-0.2, -0.15) is 0 Å². The van der Waals surface area contributed by atoms with Crippen LogP contribution in [0.3, 0.4) is 0 Å².